The monoisotopic (exact) mass is 234 g/mol. The van der Waals surface area contributed by atoms with Crippen LogP contribution in [0.5, 0.6) is 0 Å². The van der Waals surface area contributed by atoms with Crippen molar-refractivity contribution in [1.82, 2.24) is 4.98 Å². The number of carbonyl (C=O) groups is 1. The molecule has 1 N–H and O–H groups in total. The molecule has 0 spiro atoms. The molecule has 4 heteroatoms. The van der Waals surface area contributed by atoms with E-state index >= 15 is 0 Å². The number of piperidine rings is 1. The molecular formula is C13H18N2O2. The highest BCUT2D eigenvalue weighted by atomic mass is 16.4. The first-order chi connectivity index (χ1) is 8.09. The third-order valence-corrected chi connectivity index (χ3v) is 3.67. The zero-order chi connectivity index (χ0) is 12.4. The van der Waals surface area contributed by atoms with Crippen LogP contribution >= 0.6 is 0 Å². The molecule has 17 heavy (non-hydrogen) atoms. The minimum absolute atomic E-state index is 0.118. The molecule has 0 aromatic carbocycles. The predicted octanol–water partition coefficient (Wildman–Crippen LogP) is 2.40. The minimum atomic E-state index is -0.968. The Labute approximate surface area is 101 Å². The number of aromatic nitrogens is 1. The Balaban J connectivity index is 2.26. The van der Waals surface area contributed by atoms with Crippen LogP contribution < -0.4 is 4.90 Å². The lowest BCUT2D eigenvalue weighted by molar-refractivity contribution is 0.0690. The average molecular weight is 234 g/mol. The van der Waals surface area contributed by atoms with Gasteiger partial charge in [0.1, 0.15) is 5.69 Å². The summed E-state index contributed by atoms with van der Waals surface area (Å²) in [5.41, 5.74) is 1.09. The van der Waals surface area contributed by atoms with Crippen molar-refractivity contribution in [2.45, 2.75) is 32.7 Å². The van der Waals surface area contributed by atoms with E-state index in [9.17, 15) is 4.79 Å². The Morgan fingerprint density at radius 3 is 3.00 bits per heavy atom. The van der Waals surface area contributed by atoms with Gasteiger partial charge in [0.2, 0.25) is 0 Å². The zero-order valence-electron chi connectivity index (χ0n) is 10.3. The van der Waals surface area contributed by atoms with Crippen molar-refractivity contribution in [1.29, 1.82) is 0 Å². The maximum absolute atomic E-state index is 10.9. The highest BCUT2D eigenvalue weighted by molar-refractivity contribution is 5.86. The summed E-state index contributed by atoms with van der Waals surface area (Å²) < 4.78 is 0. The van der Waals surface area contributed by atoms with Gasteiger partial charge in [-0.15, -0.1) is 0 Å². The van der Waals surface area contributed by atoms with Gasteiger partial charge in [-0.05, 0) is 37.8 Å². The van der Waals surface area contributed by atoms with Gasteiger partial charge in [-0.25, -0.2) is 9.78 Å². The zero-order valence-corrected chi connectivity index (χ0v) is 10.3. The van der Waals surface area contributed by atoms with Gasteiger partial charge in [0.05, 0.1) is 0 Å². The molecule has 2 heterocycles. The maximum atomic E-state index is 10.9. The Kier molecular flexibility index (Phi) is 3.31. The van der Waals surface area contributed by atoms with E-state index in [1.807, 2.05) is 6.07 Å². The van der Waals surface area contributed by atoms with Crippen molar-refractivity contribution < 1.29 is 9.90 Å². The average Bonchev–Trinajstić information content (AvgIpc) is 2.33. The van der Waals surface area contributed by atoms with E-state index in [0.717, 1.165) is 18.7 Å². The van der Waals surface area contributed by atoms with Crippen LogP contribution in [0.15, 0.2) is 18.3 Å². The van der Waals surface area contributed by atoms with Crippen LogP contribution in [0, 0.1) is 5.92 Å². The number of hydrogen-bond acceptors (Lipinski definition) is 3. The molecule has 1 aliphatic rings. The molecule has 0 aliphatic carbocycles. The molecule has 1 saturated heterocycles. The fourth-order valence-electron chi connectivity index (χ4n) is 2.41. The number of carboxylic acid groups (broad SMARTS) is 1. The molecule has 1 aromatic heterocycles. The van der Waals surface area contributed by atoms with Crippen molar-refractivity contribution in [2.75, 3.05) is 11.4 Å². The first-order valence-corrected chi connectivity index (χ1v) is 6.05. The summed E-state index contributed by atoms with van der Waals surface area (Å²) in [5.74, 6) is -0.324. The summed E-state index contributed by atoms with van der Waals surface area (Å²) in [6.07, 6.45) is 3.98. The first kappa shape index (κ1) is 11.9. The van der Waals surface area contributed by atoms with E-state index in [-0.39, 0.29) is 5.69 Å². The second kappa shape index (κ2) is 4.73. The summed E-state index contributed by atoms with van der Waals surface area (Å²) in [7, 11) is 0. The van der Waals surface area contributed by atoms with E-state index in [1.165, 1.54) is 6.42 Å². The first-order valence-electron chi connectivity index (χ1n) is 6.05. The fourth-order valence-corrected chi connectivity index (χ4v) is 2.41. The molecule has 1 fully saturated rings. The predicted molar refractivity (Wildman–Crippen MR) is 66.4 cm³/mol. The summed E-state index contributed by atoms with van der Waals surface area (Å²) >= 11 is 0. The summed E-state index contributed by atoms with van der Waals surface area (Å²) in [5, 5.41) is 8.94. The van der Waals surface area contributed by atoms with Crippen molar-refractivity contribution in [3.05, 3.63) is 24.0 Å². The largest absolute Gasteiger partial charge is 0.477 e. The smallest absolute Gasteiger partial charge is 0.354 e. The van der Waals surface area contributed by atoms with Crippen molar-refractivity contribution in [3.8, 4) is 0 Å². The van der Waals surface area contributed by atoms with Crippen molar-refractivity contribution >= 4 is 11.7 Å². The molecule has 2 atom stereocenters. The van der Waals surface area contributed by atoms with Crippen molar-refractivity contribution in [2.24, 2.45) is 5.92 Å². The quantitative estimate of drug-likeness (QED) is 0.853. The van der Waals surface area contributed by atoms with Gasteiger partial charge in [-0.2, -0.15) is 0 Å². The highest BCUT2D eigenvalue weighted by Gasteiger charge is 2.25. The van der Waals surface area contributed by atoms with Crippen molar-refractivity contribution in [3.63, 3.8) is 0 Å². The van der Waals surface area contributed by atoms with Gasteiger partial charge in [0.25, 0.3) is 0 Å². The molecule has 0 bridgehead atoms. The molecule has 4 nitrogen and oxygen atoms in total. The van der Waals surface area contributed by atoms with Gasteiger partial charge >= 0.3 is 5.97 Å². The van der Waals surface area contributed by atoms with Gasteiger partial charge in [-0.1, -0.05) is 6.92 Å². The Hall–Kier alpha value is -1.58. The van der Waals surface area contributed by atoms with Crippen LogP contribution in [0.25, 0.3) is 0 Å². The number of anilines is 1. The van der Waals surface area contributed by atoms with E-state index < -0.39 is 5.97 Å². The van der Waals surface area contributed by atoms with Gasteiger partial charge < -0.3 is 10.0 Å². The molecule has 0 saturated carbocycles. The van der Waals surface area contributed by atoms with E-state index in [2.05, 4.69) is 23.7 Å². The number of rotatable bonds is 2. The van der Waals surface area contributed by atoms with Crippen LogP contribution in [0.1, 0.15) is 37.2 Å². The highest BCUT2D eigenvalue weighted by Crippen LogP contribution is 2.28. The number of carboxylic acids is 1. The summed E-state index contributed by atoms with van der Waals surface area (Å²) in [4.78, 5) is 17.0. The Morgan fingerprint density at radius 1 is 1.53 bits per heavy atom. The van der Waals surface area contributed by atoms with Crippen LogP contribution in [-0.4, -0.2) is 28.6 Å². The van der Waals surface area contributed by atoms with Crippen LogP contribution in [-0.2, 0) is 0 Å². The molecule has 1 aromatic rings. The number of hydrogen-bond donors (Lipinski definition) is 1. The molecule has 2 unspecified atom stereocenters. The molecule has 0 amide bonds. The van der Waals surface area contributed by atoms with E-state index in [0.29, 0.717) is 12.0 Å². The van der Waals surface area contributed by atoms with E-state index in [4.69, 9.17) is 5.11 Å². The second-order valence-corrected chi connectivity index (χ2v) is 4.76. The molecule has 92 valence electrons. The molecule has 1 aliphatic heterocycles. The Morgan fingerprint density at radius 2 is 2.29 bits per heavy atom. The topological polar surface area (TPSA) is 53.4 Å². The van der Waals surface area contributed by atoms with E-state index in [1.54, 1.807) is 12.3 Å². The van der Waals surface area contributed by atoms with Gasteiger partial charge in [0.15, 0.2) is 0 Å². The molecule has 0 radical (unpaired) electrons. The fraction of sp³-hybridized carbons (Fsp3) is 0.538. The lowest BCUT2D eigenvalue weighted by Crippen LogP contribution is -2.42. The molecule has 2 rings (SSSR count). The summed E-state index contributed by atoms with van der Waals surface area (Å²) in [6, 6.07) is 4.01. The standard InChI is InChI=1S/C13H18N2O2/c1-9-4-3-7-15(10(9)2)11-5-6-14-12(8-11)13(16)17/h5-6,8-10H,3-4,7H2,1-2H3,(H,16,17). The van der Waals surface area contributed by atoms with Crippen LogP contribution in [0.4, 0.5) is 5.69 Å². The third-order valence-electron chi connectivity index (χ3n) is 3.67. The minimum Gasteiger partial charge on any atom is -0.477 e. The number of pyridine rings is 1. The SMILES string of the molecule is CC1CCCN(c2ccnc(C(=O)O)c2)C1C. The van der Waals surface area contributed by atoms with Gasteiger partial charge in [0, 0.05) is 24.5 Å². The Bertz CT molecular complexity index is 420. The number of nitrogens with zero attached hydrogens (tertiary/aromatic N) is 2. The lowest BCUT2D eigenvalue weighted by atomic mass is 9.91. The second-order valence-electron chi connectivity index (χ2n) is 4.76. The van der Waals surface area contributed by atoms with Crippen LogP contribution in [0.2, 0.25) is 0 Å². The maximum Gasteiger partial charge on any atom is 0.354 e. The van der Waals surface area contributed by atoms with Crippen LogP contribution in [0.3, 0.4) is 0 Å². The van der Waals surface area contributed by atoms with Gasteiger partial charge in [-0.3, -0.25) is 0 Å². The molecular weight excluding hydrogens is 216 g/mol. The normalized spacial score (nSPS) is 24.7. The lowest BCUT2D eigenvalue weighted by Gasteiger charge is -2.39. The third kappa shape index (κ3) is 2.40. The summed E-state index contributed by atoms with van der Waals surface area (Å²) in [6.45, 7) is 5.44. The number of aromatic carboxylic acids is 1.